The lowest BCUT2D eigenvalue weighted by Gasteiger charge is -2.46. The van der Waals surface area contributed by atoms with E-state index in [1.54, 1.807) is 4.90 Å². The average molecular weight is 296 g/mol. The predicted molar refractivity (Wildman–Crippen MR) is 80.7 cm³/mol. The second-order valence-corrected chi connectivity index (χ2v) is 6.99. The van der Waals surface area contributed by atoms with E-state index in [0.717, 1.165) is 19.3 Å². The van der Waals surface area contributed by atoms with Crippen molar-refractivity contribution in [3.8, 4) is 0 Å². The fraction of sp³-hybridized carbons (Fsp3) is 0.875. The van der Waals surface area contributed by atoms with E-state index < -0.39 is 11.6 Å². The first-order chi connectivity index (χ1) is 9.77. The number of carbonyl (C=O) groups excluding carboxylic acids is 2. The minimum atomic E-state index is -0.809. The van der Waals surface area contributed by atoms with E-state index in [2.05, 4.69) is 12.2 Å². The zero-order valence-electron chi connectivity index (χ0n) is 13.8. The number of amides is 2. The topological polar surface area (TPSA) is 58.6 Å². The van der Waals surface area contributed by atoms with Crippen LogP contribution in [0.25, 0.3) is 0 Å². The monoisotopic (exact) mass is 296 g/mol. The molecule has 0 aromatic heterocycles. The van der Waals surface area contributed by atoms with Gasteiger partial charge in [0, 0.05) is 6.54 Å². The molecular formula is C16H28N2O3. The predicted octanol–water partition coefficient (Wildman–Crippen LogP) is 1.71. The van der Waals surface area contributed by atoms with Crippen molar-refractivity contribution in [3.05, 3.63) is 0 Å². The number of nitrogens with one attached hydrogen (secondary N) is 1. The van der Waals surface area contributed by atoms with E-state index in [1.165, 1.54) is 0 Å². The van der Waals surface area contributed by atoms with Gasteiger partial charge in [-0.15, -0.1) is 0 Å². The van der Waals surface area contributed by atoms with E-state index in [9.17, 15) is 9.59 Å². The molecule has 120 valence electrons. The van der Waals surface area contributed by atoms with E-state index in [1.807, 2.05) is 27.7 Å². The highest BCUT2D eigenvalue weighted by molar-refractivity contribution is 5.99. The first-order valence-corrected chi connectivity index (χ1v) is 8.05. The summed E-state index contributed by atoms with van der Waals surface area (Å²) in [5.74, 6) is 0.0963. The largest absolute Gasteiger partial charge is 0.373 e. The van der Waals surface area contributed by atoms with Crippen LogP contribution >= 0.6 is 0 Å². The maximum absolute atomic E-state index is 12.8. The summed E-state index contributed by atoms with van der Waals surface area (Å²) in [6.07, 6.45) is 3.14. The molecule has 4 atom stereocenters. The van der Waals surface area contributed by atoms with Crippen molar-refractivity contribution in [2.24, 2.45) is 5.92 Å². The van der Waals surface area contributed by atoms with Crippen LogP contribution in [0.5, 0.6) is 0 Å². The van der Waals surface area contributed by atoms with Gasteiger partial charge in [-0.2, -0.15) is 0 Å². The Bertz CT molecular complexity index is 422. The zero-order chi connectivity index (χ0) is 15.8. The highest BCUT2D eigenvalue weighted by atomic mass is 16.5. The molecule has 4 unspecified atom stereocenters. The van der Waals surface area contributed by atoms with Gasteiger partial charge in [0.25, 0.3) is 0 Å². The fourth-order valence-corrected chi connectivity index (χ4v) is 3.11. The summed E-state index contributed by atoms with van der Waals surface area (Å²) in [6.45, 7) is 10.2. The summed E-state index contributed by atoms with van der Waals surface area (Å²) in [5, 5.41) is 2.90. The fourth-order valence-electron chi connectivity index (χ4n) is 3.11. The zero-order valence-corrected chi connectivity index (χ0v) is 13.8. The summed E-state index contributed by atoms with van der Waals surface area (Å²) in [6, 6.07) is -0.408. The molecule has 21 heavy (non-hydrogen) atoms. The van der Waals surface area contributed by atoms with Gasteiger partial charge in [-0.05, 0) is 39.5 Å². The van der Waals surface area contributed by atoms with E-state index in [-0.39, 0.29) is 29.9 Å². The molecule has 2 saturated heterocycles. The summed E-state index contributed by atoms with van der Waals surface area (Å²) in [5.41, 5.74) is -0.809. The molecule has 2 heterocycles. The van der Waals surface area contributed by atoms with Crippen molar-refractivity contribution in [2.75, 3.05) is 6.54 Å². The number of nitrogens with zero attached hydrogens (tertiary/aromatic N) is 1. The Labute approximate surface area is 127 Å². The molecular weight excluding hydrogens is 268 g/mol. The van der Waals surface area contributed by atoms with Crippen molar-refractivity contribution in [2.45, 2.75) is 77.7 Å². The molecule has 0 saturated carbocycles. The highest BCUT2D eigenvalue weighted by Crippen LogP contribution is 2.28. The van der Waals surface area contributed by atoms with Crippen molar-refractivity contribution in [3.63, 3.8) is 0 Å². The van der Waals surface area contributed by atoms with Gasteiger partial charge < -0.3 is 15.0 Å². The molecule has 5 nitrogen and oxygen atoms in total. The first kappa shape index (κ1) is 16.3. The van der Waals surface area contributed by atoms with E-state index in [4.69, 9.17) is 4.74 Å². The third-order valence-corrected chi connectivity index (χ3v) is 4.97. The number of carbonyl (C=O) groups is 2. The van der Waals surface area contributed by atoms with Gasteiger partial charge in [0.05, 0.1) is 12.2 Å². The molecule has 1 N–H and O–H groups in total. The second-order valence-electron chi connectivity index (χ2n) is 6.99. The molecule has 2 amide bonds. The van der Waals surface area contributed by atoms with Gasteiger partial charge in [0.2, 0.25) is 11.8 Å². The molecule has 0 bridgehead atoms. The minimum absolute atomic E-state index is 0.0251. The Balaban J connectivity index is 2.17. The van der Waals surface area contributed by atoms with Crippen molar-refractivity contribution < 1.29 is 14.3 Å². The van der Waals surface area contributed by atoms with Gasteiger partial charge in [-0.1, -0.05) is 20.3 Å². The molecule has 0 radical (unpaired) electrons. The van der Waals surface area contributed by atoms with Crippen LogP contribution in [0, 0.1) is 5.92 Å². The van der Waals surface area contributed by atoms with Crippen LogP contribution in [0.1, 0.15) is 53.9 Å². The summed E-state index contributed by atoms with van der Waals surface area (Å²) >= 11 is 0. The van der Waals surface area contributed by atoms with Crippen LogP contribution in [0.3, 0.4) is 0 Å². The van der Waals surface area contributed by atoms with Crippen LogP contribution in [0.15, 0.2) is 0 Å². The Morgan fingerprint density at radius 1 is 1.38 bits per heavy atom. The number of ether oxygens (including phenoxy) is 1. The Kier molecular flexibility index (Phi) is 4.61. The molecule has 2 rings (SSSR count). The second kappa shape index (κ2) is 5.95. The van der Waals surface area contributed by atoms with Gasteiger partial charge >= 0.3 is 0 Å². The quantitative estimate of drug-likeness (QED) is 0.859. The number of piperazine rings is 1. The van der Waals surface area contributed by atoms with Gasteiger partial charge in [0.15, 0.2) is 0 Å². The smallest absolute Gasteiger partial charge is 0.246 e. The average Bonchev–Trinajstić information content (AvgIpc) is 2.84. The lowest BCUT2D eigenvalue weighted by Crippen LogP contribution is -2.70. The van der Waals surface area contributed by atoms with Crippen molar-refractivity contribution in [1.29, 1.82) is 0 Å². The third kappa shape index (κ3) is 3.07. The Morgan fingerprint density at radius 3 is 2.57 bits per heavy atom. The van der Waals surface area contributed by atoms with Gasteiger partial charge in [-0.25, -0.2) is 0 Å². The summed E-state index contributed by atoms with van der Waals surface area (Å²) in [4.78, 5) is 26.9. The van der Waals surface area contributed by atoms with Gasteiger partial charge in [-0.3, -0.25) is 9.59 Å². The standard InChI is InChI=1S/C16H28N2O3/c1-6-10(2)13-14(19)18(16(4,5)15(20)17-13)9-12-8-7-11(3)21-12/h10-13H,6-9H2,1-5H3,(H,17,20). The molecule has 2 aliphatic rings. The number of hydrogen-bond donors (Lipinski definition) is 1. The van der Waals surface area contributed by atoms with Crippen molar-refractivity contribution in [1.82, 2.24) is 10.2 Å². The molecule has 0 spiro atoms. The van der Waals surface area contributed by atoms with Crippen LogP contribution in [-0.2, 0) is 14.3 Å². The maximum atomic E-state index is 12.8. The lowest BCUT2D eigenvalue weighted by atomic mass is 9.89. The molecule has 2 fully saturated rings. The van der Waals surface area contributed by atoms with Crippen LogP contribution < -0.4 is 5.32 Å². The normalized spacial score (nSPS) is 34.0. The molecule has 0 aliphatic carbocycles. The molecule has 2 aliphatic heterocycles. The van der Waals surface area contributed by atoms with E-state index >= 15 is 0 Å². The van der Waals surface area contributed by atoms with Crippen LogP contribution in [-0.4, -0.2) is 47.0 Å². The van der Waals surface area contributed by atoms with Crippen LogP contribution in [0.2, 0.25) is 0 Å². The van der Waals surface area contributed by atoms with E-state index in [0.29, 0.717) is 6.54 Å². The number of rotatable bonds is 4. The highest BCUT2D eigenvalue weighted by Gasteiger charge is 2.48. The minimum Gasteiger partial charge on any atom is -0.373 e. The van der Waals surface area contributed by atoms with Crippen molar-refractivity contribution >= 4 is 11.8 Å². The summed E-state index contributed by atoms with van der Waals surface area (Å²) in [7, 11) is 0. The molecule has 0 aromatic rings. The SMILES string of the molecule is CCC(C)C1NC(=O)C(C)(C)N(CC2CCC(C)O2)C1=O. The third-order valence-electron chi connectivity index (χ3n) is 4.97. The van der Waals surface area contributed by atoms with Gasteiger partial charge in [0.1, 0.15) is 11.6 Å². The van der Waals surface area contributed by atoms with Crippen LogP contribution in [0.4, 0.5) is 0 Å². The molecule has 0 aromatic carbocycles. The Hall–Kier alpha value is -1.10. The molecule has 5 heteroatoms. The summed E-state index contributed by atoms with van der Waals surface area (Å²) < 4.78 is 5.84. The lowest BCUT2D eigenvalue weighted by molar-refractivity contribution is -0.159. The maximum Gasteiger partial charge on any atom is 0.246 e. The number of hydrogen-bond acceptors (Lipinski definition) is 3. The first-order valence-electron chi connectivity index (χ1n) is 8.05. The Morgan fingerprint density at radius 2 is 2.05 bits per heavy atom.